The number of allylic oxidation sites excluding steroid dienone is 14. The van der Waals surface area contributed by atoms with Gasteiger partial charge in [0.2, 0.25) is 0 Å². The second-order valence-corrected chi connectivity index (χ2v) is 17.9. The molecule has 0 aromatic heterocycles. The smallest absolute Gasteiger partial charge is 0.457 e. The molecule has 0 radical (unpaired) electrons. The highest BCUT2D eigenvalue weighted by molar-refractivity contribution is 7.47. The Morgan fingerprint density at radius 3 is 1.47 bits per heavy atom. The van der Waals surface area contributed by atoms with Crippen LogP contribution in [-0.4, -0.2) is 75.6 Å². The van der Waals surface area contributed by atoms with Gasteiger partial charge in [0.25, 0.3) is 0 Å². The first-order chi connectivity index (χ1) is 28.6. The van der Waals surface area contributed by atoms with E-state index in [1.54, 1.807) is 0 Å². The van der Waals surface area contributed by atoms with Gasteiger partial charge in [-0.05, 0) is 89.9 Å². The largest absolute Gasteiger partial charge is 0.472 e. The number of carbonyl (C=O) groups excluding carboxylic acids is 1. The molecule has 1 N–H and O–H groups in total. The van der Waals surface area contributed by atoms with Gasteiger partial charge in [0.15, 0.2) is 0 Å². The molecule has 340 valence electrons. The molecule has 59 heavy (non-hydrogen) atoms. The maximum atomic E-state index is 12.7. The van der Waals surface area contributed by atoms with Crippen molar-refractivity contribution in [1.29, 1.82) is 0 Å². The van der Waals surface area contributed by atoms with Gasteiger partial charge in [0, 0.05) is 13.0 Å². The number of quaternary nitrogens is 1. The highest BCUT2D eigenvalue weighted by Crippen LogP contribution is 2.43. The fourth-order valence-electron chi connectivity index (χ4n) is 5.84. The van der Waals surface area contributed by atoms with Crippen molar-refractivity contribution in [2.45, 2.75) is 174 Å². The van der Waals surface area contributed by atoms with Crippen LogP contribution in [0.1, 0.15) is 168 Å². The third-order valence-corrected chi connectivity index (χ3v) is 10.4. The first-order valence-corrected chi connectivity index (χ1v) is 24.8. The molecule has 2 unspecified atom stereocenters. The summed E-state index contributed by atoms with van der Waals surface area (Å²) in [6.07, 6.45) is 56.1. The summed E-state index contributed by atoms with van der Waals surface area (Å²) in [5.74, 6) is -0.339. The Bertz CT molecular complexity index is 1210. The number of phosphoric acid groups is 1. The monoisotopic (exact) mass is 847 g/mol. The normalized spacial score (nSPS) is 14.5. The predicted octanol–water partition coefficient (Wildman–Crippen LogP) is 14.1. The van der Waals surface area contributed by atoms with Crippen molar-refractivity contribution >= 4 is 13.8 Å². The molecule has 0 amide bonds. The molecule has 0 bridgehead atoms. The number of esters is 1. The summed E-state index contributed by atoms with van der Waals surface area (Å²) in [5, 5.41) is 0. The number of rotatable bonds is 42. The Morgan fingerprint density at radius 1 is 0.542 bits per heavy atom. The van der Waals surface area contributed by atoms with Gasteiger partial charge >= 0.3 is 13.8 Å². The summed E-state index contributed by atoms with van der Waals surface area (Å²) < 4.78 is 35.0. The van der Waals surface area contributed by atoms with Crippen molar-refractivity contribution in [1.82, 2.24) is 0 Å². The summed E-state index contributed by atoms with van der Waals surface area (Å²) in [5.41, 5.74) is 0. The SMILES string of the molecule is CC/C=C\C/C=C\C/C=C\C/C=C\C/C=C\CCCCCCCC(=O)OC(COCCCCCCCC/C=C\C/C=C\CCCCC)COP(=O)(O)OCC[N+](C)(C)C. The molecule has 0 spiro atoms. The van der Waals surface area contributed by atoms with Crippen LogP contribution >= 0.6 is 7.82 Å². The van der Waals surface area contributed by atoms with Crippen LogP contribution in [-0.2, 0) is 27.9 Å². The maximum Gasteiger partial charge on any atom is 0.472 e. The first-order valence-electron chi connectivity index (χ1n) is 23.3. The van der Waals surface area contributed by atoms with Crippen LogP contribution in [0.15, 0.2) is 85.1 Å². The number of unbranched alkanes of at least 4 members (excludes halogenated alkanes) is 14. The van der Waals surface area contributed by atoms with Crippen molar-refractivity contribution in [2.24, 2.45) is 0 Å². The molecule has 0 heterocycles. The Balaban J connectivity index is 4.29. The summed E-state index contributed by atoms with van der Waals surface area (Å²) in [6, 6.07) is 0. The minimum Gasteiger partial charge on any atom is -0.457 e. The number of phosphoric ester groups is 1. The Labute approximate surface area is 363 Å². The van der Waals surface area contributed by atoms with Crippen LogP contribution in [0.3, 0.4) is 0 Å². The number of nitrogens with zero attached hydrogens (tertiary/aromatic N) is 1. The lowest BCUT2D eigenvalue weighted by molar-refractivity contribution is -0.870. The van der Waals surface area contributed by atoms with Crippen LogP contribution in [0.4, 0.5) is 0 Å². The summed E-state index contributed by atoms with van der Waals surface area (Å²) in [4.78, 5) is 22.9. The Hall–Kier alpha value is -2.32. The first kappa shape index (κ1) is 56.7. The van der Waals surface area contributed by atoms with E-state index in [1.807, 2.05) is 21.1 Å². The lowest BCUT2D eigenvalue weighted by Crippen LogP contribution is -2.37. The van der Waals surface area contributed by atoms with Gasteiger partial charge in [0.1, 0.15) is 19.3 Å². The number of carbonyl (C=O) groups is 1. The van der Waals surface area contributed by atoms with Crippen LogP contribution in [0, 0.1) is 0 Å². The van der Waals surface area contributed by atoms with Crippen molar-refractivity contribution < 1.29 is 37.3 Å². The van der Waals surface area contributed by atoms with Gasteiger partial charge in [0.05, 0.1) is 34.4 Å². The summed E-state index contributed by atoms with van der Waals surface area (Å²) >= 11 is 0. The Morgan fingerprint density at radius 2 is 0.983 bits per heavy atom. The van der Waals surface area contributed by atoms with Crippen molar-refractivity contribution in [3.63, 3.8) is 0 Å². The molecule has 9 heteroatoms. The fraction of sp³-hybridized carbons (Fsp3) is 0.700. The second kappa shape index (κ2) is 42.4. The van der Waals surface area contributed by atoms with Gasteiger partial charge in [-0.25, -0.2) is 4.57 Å². The van der Waals surface area contributed by atoms with Gasteiger partial charge in [-0.2, -0.15) is 0 Å². The quantitative estimate of drug-likeness (QED) is 0.0215. The minimum atomic E-state index is -4.29. The van der Waals surface area contributed by atoms with Gasteiger partial charge in [-0.1, -0.05) is 157 Å². The van der Waals surface area contributed by atoms with Gasteiger partial charge in [-0.15, -0.1) is 0 Å². The zero-order valence-corrected chi connectivity index (χ0v) is 39.4. The second-order valence-electron chi connectivity index (χ2n) is 16.4. The van der Waals surface area contributed by atoms with Gasteiger partial charge in [-0.3, -0.25) is 13.8 Å². The third-order valence-electron chi connectivity index (χ3n) is 9.44. The lowest BCUT2D eigenvalue weighted by atomic mass is 10.1. The average Bonchev–Trinajstić information content (AvgIpc) is 3.19. The van der Waals surface area contributed by atoms with Crippen molar-refractivity contribution in [2.75, 3.05) is 54.1 Å². The highest BCUT2D eigenvalue weighted by Gasteiger charge is 2.26. The van der Waals surface area contributed by atoms with E-state index in [9.17, 15) is 14.3 Å². The van der Waals surface area contributed by atoms with Crippen LogP contribution in [0.5, 0.6) is 0 Å². The number of likely N-dealkylation sites (N-methyl/N-ethyl adjacent to an activating group) is 1. The fourth-order valence-corrected chi connectivity index (χ4v) is 6.58. The molecule has 0 aliphatic rings. The van der Waals surface area contributed by atoms with Crippen LogP contribution in [0.2, 0.25) is 0 Å². The van der Waals surface area contributed by atoms with E-state index in [2.05, 4.69) is 98.9 Å². The topological polar surface area (TPSA) is 91.3 Å². The zero-order chi connectivity index (χ0) is 43.4. The van der Waals surface area contributed by atoms with E-state index in [0.717, 1.165) is 103 Å². The van der Waals surface area contributed by atoms with E-state index in [4.69, 9.17) is 18.5 Å². The molecular weight excluding hydrogens is 758 g/mol. The molecule has 0 rings (SSSR count). The van der Waals surface area contributed by atoms with E-state index in [-0.39, 0.29) is 25.8 Å². The molecule has 0 aromatic rings. The molecular formula is C50H89NO7P+. The lowest BCUT2D eigenvalue weighted by Gasteiger charge is -2.24. The minimum absolute atomic E-state index is 0.0775. The molecule has 0 aliphatic carbocycles. The standard InChI is InChI=1S/C50H88NO7P/c1-6-8-10-12-14-16-18-20-22-24-25-26-27-28-29-31-33-35-37-39-41-43-50(52)58-49(48-57-59(53,54)56-46-44-51(3,4)5)47-55-45-42-40-38-36-34-32-30-23-21-19-17-15-13-11-9-7-2/h8,10,14-17,20-23,25-26,28-29,49H,6-7,9,11-13,18-19,24,27,30-48H2,1-5H3/p+1/b10-8-,16-14-,17-15-,22-20-,23-21-,26-25-,29-28-. The van der Waals surface area contributed by atoms with Crippen LogP contribution in [0.25, 0.3) is 0 Å². The van der Waals surface area contributed by atoms with E-state index < -0.39 is 13.9 Å². The average molecular weight is 847 g/mol. The molecule has 8 nitrogen and oxygen atoms in total. The predicted molar refractivity (Wildman–Crippen MR) is 251 cm³/mol. The van der Waals surface area contributed by atoms with Crippen molar-refractivity contribution in [3.05, 3.63) is 85.1 Å². The molecule has 0 saturated heterocycles. The highest BCUT2D eigenvalue weighted by atomic mass is 31.2. The Kier molecular flexibility index (Phi) is 40.7. The summed E-state index contributed by atoms with van der Waals surface area (Å²) in [7, 11) is 1.63. The molecule has 2 atom stereocenters. The van der Waals surface area contributed by atoms with Crippen LogP contribution < -0.4 is 0 Å². The molecule has 0 aliphatic heterocycles. The van der Waals surface area contributed by atoms with E-state index in [0.29, 0.717) is 24.1 Å². The third kappa shape index (κ3) is 46.6. The van der Waals surface area contributed by atoms with E-state index in [1.165, 1.54) is 44.9 Å². The molecule has 0 fully saturated rings. The van der Waals surface area contributed by atoms with E-state index >= 15 is 0 Å². The van der Waals surface area contributed by atoms with Gasteiger partial charge < -0.3 is 18.9 Å². The number of ether oxygens (including phenoxy) is 2. The molecule has 0 aromatic carbocycles. The molecule has 0 saturated carbocycles. The zero-order valence-electron chi connectivity index (χ0n) is 38.5. The number of hydrogen-bond acceptors (Lipinski definition) is 6. The summed E-state index contributed by atoms with van der Waals surface area (Å²) in [6.45, 7) is 5.41. The maximum absolute atomic E-state index is 12.7. The number of hydrogen-bond donors (Lipinski definition) is 1. The van der Waals surface area contributed by atoms with Crippen molar-refractivity contribution in [3.8, 4) is 0 Å².